The molecule has 0 atom stereocenters. The van der Waals surface area contributed by atoms with Gasteiger partial charge < -0.3 is 9.97 Å². The summed E-state index contributed by atoms with van der Waals surface area (Å²) in [5.41, 5.74) is 5.78. The number of fused-ring (bicyclic) bond motifs is 2. The maximum atomic E-state index is 12.8. The third-order valence-corrected chi connectivity index (χ3v) is 6.36. The first-order valence-electron chi connectivity index (χ1n) is 10.9. The quantitative estimate of drug-likeness (QED) is 0.490. The highest BCUT2D eigenvalue weighted by molar-refractivity contribution is 5.82. The zero-order valence-corrected chi connectivity index (χ0v) is 17.4. The number of benzene rings is 2. The van der Waals surface area contributed by atoms with Crippen LogP contribution in [0.2, 0.25) is 0 Å². The van der Waals surface area contributed by atoms with Gasteiger partial charge in [-0.3, -0.25) is 9.69 Å². The maximum Gasteiger partial charge on any atom is 0.136 e. The molecular weight excluding hydrogens is 372 g/mol. The number of rotatable bonds is 6. The Balaban J connectivity index is 1.12. The number of ketones is 1. The molecule has 2 N–H and O–H groups in total. The van der Waals surface area contributed by atoms with Crippen LogP contribution in [0.3, 0.4) is 0 Å². The number of hydrogen-bond acceptors (Lipinski definition) is 3. The van der Waals surface area contributed by atoms with Crippen molar-refractivity contribution in [3.63, 3.8) is 0 Å². The van der Waals surface area contributed by atoms with Gasteiger partial charge in [0.25, 0.3) is 0 Å². The summed E-state index contributed by atoms with van der Waals surface area (Å²) in [7, 11) is 0. The number of aromatic amines is 2. The van der Waals surface area contributed by atoms with E-state index in [1.165, 1.54) is 22.0 Å². The number of piperidine rings is 1. The average Bonchev–Trinajstić information content (AvgIpc) is 3.38. The molecule has 3 heterocycles. The van der Waals surface area contributed by atoms with Crippen LogP contribution in [0.1, 0.15) is 36.2 Å². The van der Waals surface area contributed by atoms with E-state index in [1.54, 1.807) is 0 Å². The molecule has 2 aromatic heterocycles. The second kappa shape index (κ2) is 8.07. The van der Waals surface area contributed by atoms with Gasteiger partial charge in [0.2, 0.25) is 0 Å². The smallest absolute Gasteiger partial charge is 0.136 e. The normalized spacial score (nSPS) is 15.9. The van der Waals surface area contributed by atoms with Crippen molar-refractivity contribution in [3.8, 4) is 0 Å². The number of hydrogen-bond donors (Lipinski definition) is 2. The minimum atomic E-state index is 0.194. The van der Waals surface area contributed by atoms with Crippen LogP contribution in [-0.2, 0) is 17.8 Å². The molecule has 0 saturated carbocycles. The van der Waals surface area contributed by atoms with E-state index < -0.39 is 0 Å². The molecule has 5 rings (SSSR count). The number of aromatic nitrogens is 3. The van der Waals surface area contributed by atoms with E-state index in [0.717, 1.165) is 49.3 Å². The van der Waals surface area contributed by atoms with Gasteiger partial charge in [-0.15, -0.1) is 0 Å². The number of H-pyrrole nitrogens is 2. The molecule has 1 fully saturated rings. The second-order valence-corrected chi connectivity index (χ2v) is 8.62. The fourth-order valence-corrected chi connectivity index (χ4v) is 4.61. The molecular formula is C25H28N4O. The van der Waals surface area contributed by atoms with Gasteiger partial charge >= 0.3 is 0 Å². The molecule has 5 nitrogen and oxygen atoms in total. The minimum absolute atomic E-state index is 0.194. The number of nitrogens with zero attached hydrogens (tertiary/aromatic N) is 2. The Morgan fingerprint density at radius 2 is 1.97 bits per heavy atom. The molecule has 1 saturated heterocycles. The monoisotopic (exact) mass is 400 g/mol. The average molecular weight is 401 g/mol. The lowest BCUT2D eigenvalue weighted by Gasteiger charge is -2.31. The van der Waals surface area contributed by atoms with Crippen LogP contribution >= 0.6 is 0 Å². The molecule has 5 heteroatoms. The number of likely N-dealkylation sites (tertiary alicyclic amines) is 1. The SMILES string of the molecule is Cc1ccc2nc(CCC(=O)C3CCN(Cc4ccc5[nH]ccc5c4)CC3)[nH]c2c1. The molecule has 1 aliphatic rings. The summed E-state index contributed by atoms with van der Waals surface area (Å²) in [5.74, 6) is 1.50. The van der Waals surface area contributed by atoms with Crippen LogP contribution < -0.4 is 0 Å². The standard InChI is InChI=1S/C25H28N4O/c1-17-2-4-22-23(14-17)28-25(27-22)7-6-24(30)19-9-12-29(13-10-19)16-18-3-5-21-20(15-18)8-11-26-21/h2-5,8,11,14-15,19,26H,6-7,9-10,12-13,16H2,1H3,(H,27,28). The van der Waals surface area contributed by atoms with Crippen LogP contribution in [-0.4, -0.2) is 38.7 Å². The lowest BCUT2D eigenvalue weighted by Crippen LogP contribution is -2.36. The van der Waals surface area contributed by atoms with Gasteiger partial charge in [-0.1, -0.05) is 12.1 Å². The molecule has 0 aliphatic carbocycles. The summed E-state index contributed by atoms with van der Waals surface area (Å²) in [5, 5.41) is 1.26. The van der Waals surface area contributed by atoms with Crippen molar-refractivity contribution in [2.75, 3.05) is 13.1 Å². The van der Waals surface area contributed by atoms with Crippen molar-refractivity contribution >= 4 is 27.7 Å². The van der Waals surface area contributed by atoms with E-state index in [2.05, 4.69) is 63.2 Å². The zero-order chi connectivity index (χ0) is 20.5. The molecule has 1 aliphatic heterocycles. The summed E-state index contributed by atoms with van der Waals surface area (Å²) in [6, 6.07) is 14.9. The molecule has 0 amide bonds. The van der Waals surface area contributed by atoms with Gasteiger partial charge in [-0.25, -0.2) is 4.98 Å². The predicted octanol–water partition coefficient (Wildman–Crippen LogP) is 4.77. The Kier molecular flexibility index (Phi) is 5.13. The van der Waals surface area contributed by atoms with Gasteiger partial charge in [0, 0.05) is 37.0 Å². The van der Waals surface area contributed by atoms with Crippen molar-refractivity contribution in [2.24, 2.45) is 5.92 Å². The largest absolute Gasteiger partial charge is 0.361 e. The van der Waals surface area contributed by atoms with Gasteiger partial charge in [-0.05, 0) is 79.7 Å². The van der Waals surface area contributed by atoms with Gasteiger partial charge in [0.05, 0.1) is 11.0 Å². The molecule has 4 aromatic rings. The first kappa shape index (κ1) is 19.1. The van der Waals surface area contributed by atoms with E-state index in [0.29, 0.717) is 18.6 Å². The van der Waals surface area contributed by atoms with Crippen molar-refractivity contribution < 1.29 is 4.79 Å². The highest BCUT2D eigenvalue weighted by Gasteiger charge is 2.24. The van der Waals surface area contributed by atoms with Gasteiger partial charge in [-0.2, -0.15) is 0 Å². The second-order valence-electron chi connectivity index (χ2n) is 8.62. The summed E-state index contributed by atoms with van der Waals surface area (Å²) < 4.78 is 0. The van der Waals surface area contributed by atoms with Gasteiger partial charge in [0.15, 0.2) is 0 Å². The van der Waals surface area contributed by atoms with Crippen LogP contribution in [0.25, 0.3) is 21.9 Å². The Morgan fingerprint density at radius 1 is 1.10 bits per heavy atom. The fraction of sp³-hybridized carbons (Fsp3) is 0.360. The third-order valence-electron chi connectivity index (χ3n) is 6.36. The number of imidazole rings is 1. The topological polar surface area (TPSA) is 64.8 Å². The first-order valence-corrected chi connectivity index (χ1v) is 10.9. The summed E-state index contributed by atoms with van der Waals surface area (Å²) >= 11 is 0. The van der Waals surface area contributed by atoms with Crippen molar-refractivity contribution in [1.29, 1.82) is 0 Å². The van der Waals surface area contributed by atoms with Crippen molar-refractivity contribution in [3.05, 3.63) is 65.6 Å². The molecule has 2 aromatic carbocycles. The lowest BCUT2D eigenvalue weighted by atomic mass is 9.90. The van der Waals surface area contributed by atoms with E-state index in [9.17, 15) is 4.79 Å². The van der Waals surface area contributed by atoms with E-state index in [4.69, 9.17) is 0 Å². The molecule has 0 bridgehead atoms. The summed E-state index contributed by atoms with van der Waals surface area (Å²) in [6.07, 6.45) is 5.18. The first-order chi connectivity index (χ1) is 14.6. The molecule has 0 spiro atoms. The highest BCUT2D eigenvalue weighted by atomic mass is 16.1. The van der Waals surface area contributed by atoms with Crippen LogP contribution in [0.5, 0.6) is 0 Å². The van der Waals surface area contributed by atoms with Crippen LogP contribution in [0.4, 0.5) is 0 Å². The number of carbonyl (C=O) groups is 1. The minimum Gasteiger partial charge on any atom is -0.361 e. The Bertz CT molecular complexity index is 1180. The Labute approximate surface area is 176 Å². The molecule has 154 valence electrons. The lowest BCUT2D eigenvalue weighted by molar-refractivity contribution is -0.124. The predicted molar refractivity (Wildman–Crippen MR) is 120 cm³/mol. The van der Waals surface area contributed by atoms with Crippen molar-refractivity contribution in [1.82, 2.24) is 19.9 Å². The fourth-order valence-electron chi connectivity index (χ4n) is 4.61. The van der Waals surface area contributed by atoms with Crippen molar-refractivity contribution in [2.45, 2.75) is 39.2 Å². The third kappa shape index (κ3) is 4.03. The Hall–Kier alpha value is -2.92. The number of aryl methyl sites for hydroxylation is 2. The molecule has 30 heavy (non-hydrogen) atoms. The van der Waals surface area contributed by atoms with Crippen LogP contribution in [0, 0.1) is 12.8 Å². The Morgan fingerprint density at radius 3 is 2.83 bits per heavy atom. The zero-order valence-electron chi connectivity index (χ0n) is 17.4. The van der Waals surface area contributed by atoms with E-state index in [1.807, 2.05) is 12.3 Å². The van der Waals surface area contributed by atoms with Crippen LogP contribution in [0.15, 0.2) is 48.7 Å². The molecule has 0 unspecified atom stereocenters. The molecule has 0 radical (unpaired) electrons. The summed E-state index contributed by atoms with van der Waals surface area (Å²) in [4.78, 5) is 26.5. The number of carbonyl (C=O) groups excluding carboxylic acids is 1. The van der Waals surface area contributed by atoms with E-state index in [-0.39, 0.29) is 5.92 Å². The highest BCUT2D eigenvalue weighted by Crippen LogP contribution is 2.23. The number of nitrogens with one attached hydrogen (secondary N) is 2. The van der Waals surface area contributed by atoms with E-state index >= 15 is 0 Å². The number of Topliss-reactive ketones (excluding diaryl/α,β-unsaturated/α-hetero) is 1. The summed E-state index contributed by atoms with van der Waals surface area (Å²) in [6.45, 7) is 5.02. The maximum absolute atomic E-state index is 12.8. The van der Waals surface area contributed by atoms with Gasteiger partial charge in [0.1, 0.15) is 11.6 Å².